The molecule has 0 radical (unpaired) electrons. The maximum Gasteiger partial charge on any atom is 0.407 e. The Bertz CT molecular complexity index is 3090. The zero-order chi connectivity index (χ0) is 72.7. The Hall–Kier alpha value is -7.64. The Kier molecular flexibility index (Phi) is 29.1. The van der Waals surface area contributed by atoms with Crippen molar-refractivity contribution in [2.24, 2.45) is 23.7 Å². The number of methoxy groups -OCH3 is 2. The van der Waals surface area contributed by atoms with E-state index < -0.39 is 163 Å². The molecule has 10 N–H and O–H groups in total. The molecule has 16 atom stereocenters. The molecule has 0 aliphatic carbocycles. The number of imide groups is 1. The summed E-state index contributed by atoms with van der Waals surface area (Å²) in [5.41, 5.74) is 0.116. The summed E-state index contributed by atoms with van der Waals surface area (Å²) < 4.78 is 28.6. The van der Waals surface area contributed by atoms with Crippen LogP contribution in [0.5, 0.6) is 5.75 Å². The van der Waals surface area contributed by atoms with Crippen molar-refractivity contribution in [1.29, 1.82) is 0 Å². The summed E-state index contributed by atoms with van der Waals surface area (Å²) in [6, 6.07) is 8.17. The molecule has 3 heterocycles. The lowest BCUT2D eigenvalue weighted by Gasteiger charge is -2.42. The number of carboxylic acids is 1. The van der Waals surface area contributed by atoms with E-state index in [1.165, 1.54) is 26.4 Å². The van der Waals surface area contributed by atoms with E-state index in [2.05, 4.69) is 26.6 Å². The summed E-state index contributed by atoms with van der Waals surface area (Å²) >= 11 is 0. The number of carbonyl (C=O) groups excluding carboxylic acids is 9. The minimum Gasteiger partial charge on any atom is -0.479 e. The average molecular weight is 1370 g/mol. The number of quaternary nitrogens is 1. The van der Waals surface area contributed by atoms with Crippen molar-refractivity contribution in [3.63, 3.8) is 0 Å². The Morgan fingerprint density at radius 1 is 0.814 bits per heavy atom. The zero-order valence-electron chi connectivity index (χ0n) is 58.7. The fourth-order valence-electron chi connectivity index (χ4n) is 12.9. The number of rotatable bonds is 33. The summed E-state index contributed by atoms with van der Waals surface area (Å²) in [5.74, 6) is -8.45. The minimum atomic E-state index is -2.05. The first-order chi connectivity index (χ1) is 45.4. The molecule has 0 spiro atoms. The van der Waals surface area contributed by atoms with E-state index in [-0.39, 0.29) is 59.1 Å². The molecular formula is C68H104N9O20+. The number of carbonyl (C=O) groups is 10. The van der Waals surface area contributed by atoms with Crippen LogP contribution in [0.2, 0.25) is 0 Å². The first-order valence-corrected chi connectivity index (χ1v) is 33.0. The molecule has 5 rings (SSSR count). The number of carboxylic acid groups (broad SMARTS) is 1. The van der Waals surface area contributed by atoms with Gasteiger partial charge in [-0.15, -0.1) is 0 Å². The summed E-state index contributed by atoms with van der Waals surface area (Å²) in [6.07, 6.45) is -10.3. The third-order valence-electron chi connectivity index (χ3n) is 18.0. The van der Waals surface area contributed by atoms with Crippen molar-refractivity contribution < 1.29 is 102 Å². The van der Waals surface area contributed by atoms with Crippen LogP contribution in [0.4, 0.5) is 10.5 Å². The molecule has 2 fully saturated rings. The van der Waals surface area contributed by atoms with E-state index in [0.717, 1.165) is 12.2 Å². The third-order valence-corrected chi connectivity index (χ3v) is 18.0. The topological polar surface area (TPSA) is 388 Å². The van der Waals surface area contributed by atoms with Crippen LogP contribution in [0.3, 0.4) is 0 Å². The van der Waals surface area contributed by atoms with Crippen LogP contribution in [0, 0.1) is 23.7 Å². The normalized spacial score (nSPS) is 22.1. The number of likely N-dealkylation sites (N-methyl/N-ethyl adjacent to an activating group) is 2. The summed E-state index contributed by atoms with van der Waals surface area (Å²) in [7, 11) is 8.21. The second-order valence-electron chi connectivity index (χ2n) is 27.6. The molecule has 2 aromatic carbocycles. The molecule has 3 aliphatic heterocycles. The van der Waals surface area contributed by atoms with E-state index in [1.54, 1.807) is 110 Å². The quantitative estimate of drug-likeness (QED) is 0.0361. The largest absolute Gasteiger partial charge is 0.479 e. The number of likely N-dealkylation sites (tertiary alicyclic amines) is 1. The maximum absolute atomic E-state index is 15.1. The molecule has 0 aromatic heterocycles. The fraction of sp³-hybridized carbons (Fsp3) is 0.647. The van der Waals surface area contributed by atoms with Gasteiger partial charge in [0.15, 0.2) is 12.1 Å². The van der Waals surface area contributed by atoms with Gasteiger partial charge in [-0.1, -0.05) is 85.2 Å². The van der Waals surface area contributed by atoms with Crippen LogP contribution in [-0.2, 0) is 68.6 Å². The van der Waals surface area contributed by atoms with E-state index >= 15 is 4.79 Å². The van der Waals surface area contributed by atoms with Gasteiger partial charge < -0.3 is 90.1 Å². The van der Waals surface area contributed by atoms with Gasteiger partial charge in [-0.05, 0) is 76.1 Å². The highest BCUT2D eigenvalue weighted by molar-refractivity contribution is 6.15. The highest BCUT2D eigenvalue weighted by Crippen LogP contribution is 2.34. The van der Waals surface area contributed by atoms with Crippen molar-refractivity contribution in [2.75, 3.05) is 60.3 Å². The van der Waals surface area contributed by atoms with Gasteiger partial charge in [-0.25, -0.2) is 9.59 Å². The third kappa shape index (κ3) is 20.9. The lowest BCUT2D eigenvalue weighted by molar-refractivity contribution is -0.922. The number of anilines is 1. The zero-order valence-corrected chi connectivity index (χ0v) is 58.7. The number of aliphatic hydroxyl groups is 4. The number of aliphatic carboxylic acids is 1. The Morgan fingerprint density at radius 2 is 1.45 bits per heavy atom. The predicted octanol–water partition coefficient (Wildman–Crippen LogP) is 2.12. The van der Waals surface area contributed by atoms with Gasteiger partial charge in [0.1, 0.15) is 48.3 Å². The van der Waals surface area contributed by atoms with Crippen LogP contribution in [-0.4, -0.2) is 244 Å². The average Bonchev–Trinajstić information content (AvgIpc) is 1.27. The van der Waals surface area contributed by atoms with E-state index in [4.69, 9.17) is 23.7 Å². The van der Waals surface area contributed by atoms with Crippen LogP contribution in [0.15, 0.2) is 60.7 Å². The molecule has 4 unspecified atom stereocenters. The summed E-state index contributed by atoms with van der Waals surface area (Å²) in [4.78, 5) is 140. The lowest BCUT2D eigenvalue weighted by Crippen LogP contribution is -2.63. The lowest BCUT2D eigenvalue weighted by atomic mass is 9.89. The van der Waals surface area contributed by atoms with Crippen LogP contribution >= 0.6 is 0 Å². The smallest absolute Gasteiger partial charge is 0.407 e. The van der Waals surface area contributed by atoms with Crippen molar-refractivity contribution in [2.45, 2.75) is 206 Å². The molecule has 29 nitrogen and oxygen atoms in total. The number of aliphatic hydroxyl groups excluding tert-OH is 4. The van der Waals surface area contributed by atoms with Crippen LogP contribution < -0.4 is 31.3 Å². The van der Waals surface area contributed by atoms with Gasteiger partial charge in [0.05, 0.1) is 75.1 Å². The monoisotopic (exact) mass is 1370 g/mol. The summed E-state index contributed by atoms with van der Waals surface area (Å²) in [5, 5.41) is 66.3. The highest BCUT2D eigenvalue weighted by atomic mass is 16.7. The van der Waals surface area contributed by atoms with Gasteiger partial charge in [-0.3, -0.25) is 43.3 Å². The molecule has 540 valence electrons. The van der Waals surface area contributed by atoms with Crippen molar-refractivity contribution in [3.05, 3.63) is 71.8 Å². The van der Waals surface area contributed by atoms with E-state index in [0.29, 0.717) is 41.8 Å². The predicted molar refractivity (Wildman–Crippen MR) is 353 cm³/mol. The molecule has 2 saturated heterocycles. The van der Waals surface area contributed by atoms with Gasteiger partial charge >= 0.3 is 12.1 Å². The highest BCUT2D eigenvalue weighted by Gasteiger charge is 2.49. The number of ether oxygens (including phenoxy) is 5. The van der Waals surface area contributed by atoms with Crippen LogP contribution in [0.25, 0.3) is 0 Å². The maximum atomic E-state index is 15.1. The minimum absolute atomic E-state index is 0.0565. The number of nitrogens with one attached hydrogen (secondary N) is 5. The number of hydrogen-bond donors (Lipinski definition) is 10. The number of amides is 9. The first kappa shape index (κ1) is 80.0. The molecule has 97 heavy (non-hydrogen) atoms. The molecule has 2 aromatic rings. The SMILES string of the molecule is CC[C@H](C)[C@@H]([C@@H](CC(=O)N1CCCC1[C@H](OC)[C@@H](C)C(=O)N[C@H](C)[C@@H](O)c1ccccc1)OC)N(C)C(=O)C(NC(=O)C(C(C)C)[N+](C)(C)Cc1ccc(O[C@@H]2O[C@H](C(=O)O)[C@@H](O)[C@H](O)[C@H]2O)c(NC(=O)CCNC(=O)C(CNC(=O)OC(C)(C)C)N2C(=O)C=CC2=O)c1)C(C)C. The fourth-order valence-corrected chi connectivity index (χ4v) is 12.9. The van der Waals surface area contributed by atoms with Crippen LogP contribution in [0.1, 0.15) is 125 Å². The Balaban J connectivity index is 1.35. The van der Waals surface area contributed by atoms with E-state index in [1.807, 2.05) is 33.8 Å². The summed E-state index contributed by atoms with van der Waals surface area (Å²) in [6.45, 7) is 19.1. The van der Waals surface area contributed by atoms with Crippen molar-refractivity contribution in [3.8, 4) is 5.75 Å². The first-order valence-electron chi connectivity index (χ1n) is 33.0. The van der Waals surface area contributed by atoms with Crippen molar-refractivity contribution in [1.82, 2.24) is 36.0 Å². The molecule has 3 aliphatic rings. The second kappa shape index (κ2) is 35.2. The number of nitrogens with zero attached hydrogens (tertiary/aromatic N) is 4. The number of benzene rings is 2. The molecule has 29 heteroatoms. The second-order valence-corrected chi connectivity index (χ2v) is 27.6. The molecule has 0 bridgehead atoms. The van der Waals surface area contributed by atoms with Gasteiger partial charge in [0.2, 0.25) is 35.8 Å². The Morgan fingerprint density at radius 3 is 2.02 bits per heavy atom. The number of alkyl carbamates (subject to hydrolysis) is 1. The molecular weight excluding hydrogens is 1260 g/mol. The van der Waals surface area contributed by atoms with Gasteiger partial charge in [0.25, 0.3) is 17.7 Å². The number of hydrogen-bond acceptors (Lipinski definition) is 19. The molecule has 0 saturated carbocycles. The standard InChI is InChI=1S/C68H103N9O20/c1-17-38(6)53(47(93-15)33-51(81)75-31-21-24-44(75)59(94-16)39(7)61(86)71-40(8)55(82)42-22-19-18-20-23-42)74(12)64(89)52(36(2)3)73-63(88)54(37(4)5)77(13,14)35-41-25-26-46(95-66-58(85)56(83)57(84)60(96-66)65(90)91)43(32-41)72-48(78)29-30-69-62(87)45(76-49(79)27-28-50(76)80)34-70-67(92)97-68(9,10)11/h18-20,22-23,25-28,32,36-40,44-45,47,52-60,66,82-85H,17,21,24,29-31,33-35H2,1-16H3,(H5-,69,70,71,72,73,78,86,87,88,90,91,92)/p+1/t38-,39+,40+,44?,45?,47+,52?,53-,54?,55+,56-,57-,58+,59+,60-,66+/m0/s1. The van der Waals surface area contributed by atoms with Gasteiger partial charge in [-0.2, -0.15) is 0 Å². The Labute approximate surface area is 567 Å². The van der Waals surface area contributed by atoms with Gasteiger partial charge in [0, 0.05) is 64.4 Å². The van der Waals surface area contributed by atoms with Crippen molar-refractivity contribution >= 4 is 65.0 Å². The molecule has 9 amide bonds. The van der Waals surface area contributed by atoms with E-state index in [9.17, 15) is 68.7 Å².